The molecule has 1 aromatic rings. The van der Waals surface area contributed by atoms with Gasteiger partial charge >= 0.3 is 6.36 Å². The maximum absolute atomic E-state index is 12.0. The normalized spacial score (nSPS) is 12.0. The first kappa shape index (κ1) is 20.8. The first-order valence-electron chi connectivity index (χ1n) is 6.69. The van der Waals surface area contributed by atoms with Crippen LogP contribution in [0.25, 0.3) is 0 Å². The molecule has 0 aliphatic heterocycles. The summed E-state index contributed by atoms with van der Waals surface area (Å²) in [5.41, 5.74) is 6.24. The van der Waals surface area contributed by atoms with Crippen molar-refractivity contribution < 1.29 is 17.9 Å². The maximum Gasteiger partial charge on any atom is 0.573 e. The fraction of sp³-hybridized carbons (Fsp3) is 0.500. The Hall–Kier alpha value is -1.19. The Balaban J connectivity index is 0.00000441. The van der Waals surface area contributed by atoms with Crippen LogP contribution in [0.1, 0.15) is 26.7 Å². The van der Waals surface area contributed by atoms with E-state index in [0.717, 1.165) is 12.8 Å². The zero-order valence-corrected chi connectivity index (χ0v) is 14.8. The lowest BCUT2D eigenvalue weighted by molar-refractivity contribution is -0.274. The number of rotatable bonds is 6. The number of hydrogen-bond donors (Lipinski definition) is 2. The van der Waals surface area contributed by atoms with Crippen LogP contribution < -0.4 is 15.8 Å². The molecule has 0 unspecified atom stereocenters. The fourth-order valence-corrected chi connectivity index (χ4v) is 1.63. The third-order valence-electron chi connectivity index (χ3n) is 2.58. The van der Waals surface area contributed by atoms with Crippen molar-refractivity contribution in [3.63, 3.8) is 0 Å². The zero-order valence-electron chi connectivity index (χ0n) is 12.5. The van der Waals surface area contributed by atoms with Crippen molar-refractivity contribution in [2.24, 2.45) is 16.6 Å². The molecule has 0 saturated carbocycles. The van der Waals surface area contributed by atoms with Crippen molar-refractivity contribution >= 4 is 35.6 Å². The van der Waals surface area contributed by atoms with Crippen molar-refractivity contribution in [2.45, 2.75) is 33.1 Å². The van der Waals surface area contributed by atoms with E-state index in [1.54, 1.807) is 0 Å². The molecule has 0 heterocycles. The lowest BCUT2D eigenvalue weighted by Gasteiger charge is -2.10. The highest BCUT2D eigenvalue weighted by molar-refractivity contribution is 14.0. The molecule has 0 fully saturated rings. The molecular weight excluding hydrogens is 410 g/mol. The van der Waals surface area contributed by atoms with Gasteiger partial charge in [0, 0.05) is 12.2 Å². The van der Waals surface area contributed by atoms with Gasteiger partial charge in [-0.3, -0.25) is 4.99 Å². The van der Waals surface area contributed by atoms with Crippen LogP contribution in [-0.4, -0.2) is 18.9 Å². The summed E-state index contributed by atoms with van der Waals surface area (Å²) in [5, 5.41) is 2.81. The zero-order chi connectivity index (χ0) is 15.9. The quantitative estimate of drug-likeness (QED) is 0.305. The summed E-state index contributed by atoms with van der Waals surface area (Å²) in [6.07, 6.45) is -2.68. The number of guanidine groups is 1. The van der Waals surface area contributed by atoms with Crippen molar-refractivity contribution in [3.8, 4) is 5.75 Å². The van der Waals surface area contributed by atoms with Crippen molar-refractivity contribution in [3.05, 3.63) is 24.3 Å². The van der Waals surface area contributed by atoms with Crippen molar-refractivity contribution in [1.82, 2.24) is 0 Å². The molecule has 0 spiro atoms. The lowest BCUT2D eigenvalue weighted by atomic mass is 10.1. The molecule has 1 rings (SSSR count). The van der Waals surface area contributed by atoms with E-state index in [1.165, 1.54) is 24.3 Å². The number of hydrogen-bond acceptors (Lipinski definition) is 2. The average molecular weight is 431 g/mol. The van der Waals surface area contributed by atoms with Gasteiger partial charge in [0.25, 0.3) is 0 Å². The predicted molar refractivity (Wildman–Crippen MR) is 92.7 cm³/mol. The minimum atomic E-state index is -4.69. The number of ether oxygens (including phenoxy) is 1. The van der Waals surface area contributed by atoms with Gasteiger partial charge in [-0.05, 0) is 43.0 Å². The lowest BCUT2D eigenvalue weighted by Crippen LogP contribution is -2.23. The van der Waals surface area contributed by atoms with E-state index in [1.807, 2.05) is 0 Å². The number of anilines is 1. The second-order valence-electron chi connectivity index (χ2n) is 5.00. The Bertz CT molecular complexity index is 461. The van der Waals surface area contributed by atoms with Crippen LogP contribution in [0, 0.1) is 5.92 Å². The minimum absolute atomic E-state index is 0. The summed E-state index contributed by atoms with van der Waals surface area (Å²) < 4.78 is 39.8. The second-order valence-corrected chi connectivity index (χ2v) is 5.00. The predicted octanol–water partition coefficient (Wildman–Crippen LogP) is 4.37. The van der Waals surface area contributed by atoms with E-state index >= 15 is 0 Å². The van der Waals surface area contributed by atoms with E-state index < -0.39 is 6.36 Å². The summed E-state index contributed by atoms with van der Waals surface area (Å²) in [7, 11) is 0. The molecule has 0 aromatic heterocycles. The van der Waals surface area contributed by atoms with Gasteiger partial charge in [0.15, 0.2) is 5.96 Å². The summed E-state index contributed by atoms with van der Waals surface area (Å²) in [6, 6.07) is 5.30. The van der Waals surface area contributed by atoms with Crippen molar-refractivity contribution in [1.29, 1.82) is 0 Å². The van der Waals surface area contributed by atoms with Gasteiger partial charge in [0.1, 0.15) is 5.75 Å². The Morgan fingerprint density at radius 1 is 1.27 bits per heavy atom. The van der Waals surface area contributed by atoms with E-state index in [9.17, 15) is 13.2 Å². The molecule has 126 valence electrons. The van der Waals surface area contributed by atoms with E-state index in [2.05, 4.69) is 28.9 Å². The smallest absolute Gasteiger partial charge is 0.406 e. The molecule has 3 N–H and O–H groups in total. The topological polar surface area (TPSA) is 59.6 Å². The third-order valence-corrected chi connectivity index (χ3v) is 2.58. The highest BCUT2D eigenvalue weighted by Gasteiger charge is 2.30. The first-order chi connectivity index (χ1) is 9.76. The van der Waals surface area contributed by atoms with Gasteiger partial charge < -0.3 is 15.8 Å². The minimum Gasteiger partial charge on any atom is -0.406 e. The van der Waals surface area contributed by atoms with E-state index in [0.29, 0.717) is 18.2 Å². The molecule has 22 heavy (non-hydrogen) atoms. The Kier molecular flexibility index (Phi) is 9.22. The summed E-state index contributed by atoms with van der Waals surface area (Å²) in [4.78, 5) is 4.15. The molecular formula is C14H21F3IN3O. The van der Waals surface area contributed by atoms with E-state index in [4.69, 9.17) is 5.73 Å². The van der Waals surface area contributed by atoms with Crippen LogP contribution in [0.2, 0.25) is 0 Å². The number of alkyl halides is 3. The van der Waals surface area contributed by atoms with Gasteiger partial charge in [-0.1, -0.05) is 13.8 Å². The Morgan fingerprint density at radius 2 is 1.86 bits per heavy atom. The number of aliphatic imine (C=N–C) groups is 1. The molecule has 0 saturated heterocycles. The van der Waals surface area contributed by atoms with Crippen LogP contribution >= 0.6 is 24.0 Å². The Morgan fingerprint density at radius 3 is 2.36 bits per heavy atom. The average Bonchev–Trinajstić information content (AvgIpc) is 2.35. The standard InChI is InChI=1S/C14H20F3N3O.HI/c1-10(2)4-3-9-19-13(18)20-11-5-7-12(8-6-11)21-14(15,16)17;/h5-8,10H,3-4,9H2,1-2H3,(H3,18,19,20);1H. The number of halogens is 4. The molecule has 8 heteroatoms. The molecule has 0 amide bonds. The molecule has 0 radical (unpaired) electrons. The fourth-order valence-electron chi connectivity index (χ4n) is 1.63. The molecule has 0 aliphatic carbocycles. The van der Waals surface area contributed by atoms with Gasteiger partial charge in [-0.25, -0.2) is 0 Å². The first-order valence-corrected chi connectivity index (χ1v) is 6.69. The van der Waals surface area contributed by atoms with Crippen LogP contribution in [-0.2, 0) is 0 Å². The highest BCUT2D eigenvalue weighted by Crippen LogP contribution is 2.23. The maximum atomic E-state index is 12.0. The molecule has 0 bridgehead atoms. The van der Waals surface area contributed by atoms with Gasteiger partial charge in [0.2, 0.25) is 0 Å². The van der Waals surface area contributed by atoms with Crippen molar-refractivity contribution in [2.75, 3.05) is 11.9 Å². The molecule has 1 aromatic carbocycles. The van der Waals surface area contributed by atoms with Crippen LogP contribution in [0.5, 0.6) is 5.75 Å². The summed E-state index contributed by atoms with van der Waals surface area (Å²) >= 11 is 0. The number of nitrogens with zero attached hydrogens (tertiary/aromatic N) is 1. The monoisotopic (exact) mass is 431 g/mol. The number of nitrogens with two attached hydrogens (primary N) is 1. The second kappa shape index (κ2) is 9.75. The highest BCUT2D eigenvalue weighted by atomic mass is 127. The van der Waals surface area contributed by atoms with Crippen LogP contribution in [0.15, 0.2) is 29.3 Å². The van der Waals surface area contributed by atoms with Gasteiger partial charge in [0.05, 0.1) is 0 Å². The van der Waals surface area contributed by atoms with Crippen LogP contribution in [0.4, 0.5) is 18.9 Å². The Labute approximate surface area is 145 Å². The number of nitrogens with one attached hydrogen (secondary N) is 1. The number of benzene rings is 1. The van der Waals surface area contributed by atoms with Gasteiger partial charge in [-0.15, -0.1) is 37.1 Å². The molecule has 4 nitrogen and oxygen atoms in total. The van der Waals surface area contributed by atoms with Gasteiger partial charge in [-0.2, -0.15) is 0 Å². The van der Waals surface area contributed by atoms with Crippen LogP contribution in [0.3, 0.4) is 0 Å². The summed E-state index contributed by atoms with van der Waals surface area (Å²) in [6.45, 7) is 4.89. The third kappa shape index (κ3) is 9.69. The SMILES string of the molecule is CC(C)CCCN=C(N)Nc1ccc(OC(F)(F)F)cc1.I. The summed E-state index contributed by atoms with van der Waals surface area (Å²) in [5.74, 6) is 0.583. The molecule has 0 aliphatic rings. The largest absolute Gasteiger partial charge is 0.573 e. The van der Waals surface area contributed by atoms with E-state index in [-0.39, 0.29) is 35.7 Å². The molecule has 0 atom stereocenters.